The predicted octanol–water partition coefficient (Wildman–Crippen LogP) is 0.744. The SMILES string of the molecule is NC(=O)C1CCN(CC(=O)Cc2ccc(F)cc2)C1. The molecule has 0 saturated carbocycles. The number of nitrogens with two attached hydrogens (primary N) is 1. The number of halogens is 1. The van der Waals surface area contributed by atoms with Gasteiger partial charge in [0.25, 0.3) is 0 Å². The van der Waals surface area contributed by atoms with Gasteiger partial charge in [0, 0.05) is 13.0 Å². The van der Waals surface area contributed by atoms with Crippen LogP contribution in [-0.2, 0) is 16.0 Å². The van der Waals surface area contributed by atoms with E-state index in [-0.39, 0.29) is 29.8 Å². The second kappa shape index (κ2) is 5.93. The first kappa shape index (κ1) is 13.7. The number of hydrogen-bond donors (Lipinski definition) is 1. The van der Waals surface area contributed by atoms with E-state index < -0.39 is 0 Å². The highest BCUT2D eigenvalue weighted by molar-refractivity contribution is 5.83. The average Bonchev–Trinajstić information content (AvgIpc) is 2.80. The van der Waals surface area contributed by atoms with E-state index in [1.54, 1.807) is 12.1 Å². The molecule has 0 aromatic heterocycles. The number of benzene rings is 1. The molecule has 1 aliphatic heterocycles. The van der Waals surface area contributed by atoms with E-state index in [0.717, 1.165) is 18.5 Å². The van der Waals surface area contributed by atoms with Crippen LogP contribution in [0.5, 0.6) is 0 Å². The fourth-order valence-electron chi connectivity index (χ4n) is 2.34. The number of ketones is 1. The molecule has 1 aliphatic rings. The summed E-state index contributed by atoms with van der Waals surface area (Å²) in [4.78, 5) is 24.9. The summed E-state index contributed by atoms with van der Waals surface area (Å²) in [6, 6.07) is 5.93. The van der Waals surface area contributed by atoms with Gasteiger partial charge in [-0.3, -0.25) is 14.5 Å². The molecule has 1 amide bonds. The highest BCUT2D eigenvalue weighted by Gasteiger charge is 2.27. The fourth-order valence-corrected chi connectivity index (χ4v) is 2.34. The summed E-state index contributed by atoms with van der Waals surface area (Å²) >= 11 is 0. The van der Waals surface area contributed by atoms with E-state index in [4.69, 9.17) is 5.73 Å². The summed E-state index contributed by atoms with van der Waals surface area (Å²) in [7, 11) is 0. The van der Waals surface area contributed by atoms with Crippen LogP contribution in [0.3, 0.4) is 0 Å². The Kier molecular flexibility index (Phi) is 4.27. The molecule has 19 heavy (non-hydrogen) atoms. The van der Waals surface area contributed by atoms with Gasteiger partial charge in [-0.2, -0.15) is 0 Å². The summed E-state index contributed by atoms with van der Waals surface area (Å²) in [6.07, 6.45) is 1.01. The summed E-state index contributed by atoms with van der Waals surface area (Å²) in [5.41, 5.74) is 6.05. The van der Waals surface area contributed by atoms with Gasteiger partial charge in [-0.05, 0) is 30.7 Å². The van der Waals surface area contributed by atoms with Gasteiger partial charge in [0.1, 0.15) is 5.82 Å². The van der Waals surface area contributed by atoms with Crippen molar-refractivity contribution in [2.75, 3.05) is 19.6 Å². The Morgan fingerprint density at radius 1 is 1.32 bits per heavy atom. The molecule has 2 N–H and O–H groups in total. The number of carbonyl (C=O) groups excluding carboxylic acids is 2. The maximum Gasteiger partial charge on any atom is 0.221 e. The van der Waals surface area contributed by atoms with Gasteiger partial charge < -0.3 is 5.73 Å². The number of primary amides is 1. The Bertz CT molecular complexity index is 473. The molecule has 1 unspecified atom stereocenters. The molecule has 0 radical (unpaired) electrons. The van der Waals surface area contributed by atoms with E-state index in [9.17, 15) is 14.0 Å². The van der Waals surface area contributed by atoms with E-state index in [1.807, 2.05) is 4.90 Å². The van der Waals surface area contributed by atoms with Gasteiger partial charge in [0.2, 0.25) is 5.91 Å². The Morgan fingerprint density at radius 2 is 2.00 bits per heavy atom. The van der Waals surface area contributed by atoms with Gasteiger partial charge in [-0.25, -0.2) is 4.39 Å². The van der Waals surface area contributed by atoms with Crippen molar-refractivity contribution >= 4 is 11.7 Å². The van der Waals surface area contributed by atoms with Gasteiger partial charge >= 0.3 is 0 Å². The van der Waals surface area contributed by atoms with Gasteiger partial charge in [0.05, 0.1) is 12.5 Å². The van der Waals surface area contributed by atoms with Crippen LogP contribution in [0.4, 0.5) is 4.39 Å². The molecule has 5 heteroatoms. The number of rotatable bonds is 5. The maximum absolute atomic E-state index is 12.7. The van der Waals surface area contributed by atoms with Crippen molar-refractivity contribution in [2.24, 2.45) is 11.7 Å². The van der Waals surface area contributed by atoms with E-state index in [0.29, 0.717) is 13.1 Å². The molecule has 0 bridgehead atoms. The van der Waals surface area contributed by atoms with Gasteiger partial charge in [0.15, 0.2) is 5.78 Å². The minimum atomic E-state index is -0.306. The third-order valence-corrected chi connectivity index (χ3v) is 3.39. The Morgan fingerprint density at radius 3 is 2.58 bits per heavy atom. The summed E-state index contributed by atoms with van der Waals surface area (Å²) in [5.74, 6) is -0.677. The van der Waals surface area contributed by atoms with E-state index in [2.05, 4.69) is 0 Å². The standard InChI is InChI=1S/C14H17FN2O2/c15-12-3-1-10(2-4-12)7-13(18)9-17-6-5-11(8-17)14(16)19/h1-4,11H,5-9H2,(H2,16,19). The molecule has 102 valence electrons. The highest BCUT2D eigenvalue weighted by Crippen LogP contribution is 2.15. The second-order valence-corrected chi connectivity index (χ2v) is 4.97. The second-order valence-electron chi connectivity index (χ2n) is 4.97. The molecule has 1 fully saturated rings. The normalized spacial score (nSPS) is 19.5. The molecule has 0 aliphatic carbocycles. The lowest BCUT2D eigenvalue weighted by Gasteiger charge is -2.14. The van der Waals surface area contributed by atoms with Crippen molar-refractivity contribution in [3.05, 3.63) is 35.6 Å². The molecule has 4 nitrogen and oxygen atoms in total. The van der Waals surface area contributed by atoms with Gasteiger partial charge in [-0.1, -0.05) is 12.1 Å². The van der Waals surface area contributed by atoms with E-state index >= 15 is 0 Å². The largest absolute Gasteiger partial charge is 0.369 e. The zero-order valence-electron chi connectivity index (χ0n) is 10.6. The Hall–Kier alpha value is -1.75. The Labute approximate surface area is 111 Å². The number of nitrogens with zero attached hydrogens (tertiary/aromatic N) is 1. The first-order valence-corrected chi connectivity index (χ1v) is 6.32. The summed E-state index contributed by atoms with van der Waals surface area (Å²) in [5, 5.41) is 0. The average molecular weight is 264 g/mol. The van der Waals surface area contributed by atoms with Crippen molar-refractivity contribution in [1.82, 2.24) is 4.90 Å². The number of carbonyl (C=O) groups is 2. The predicted molar refractivity (Wildman–Crippen MR) is 68.9 cm³/mol. The third kappa shape index (κ3) is 3.86. The van der Waals surface area contributed by atoms with Crippen LogP contribution < -0.4 is 5.73 Å². The Balaban J connectivity index is 1.82. The van der Waals surface area contributed by atoms with Crippen molar-refractivity contribution < 1.29 is 14.0 Å². The molecular formula is C14H17FN2O2. The zero-order valence-corrected chi connectivity index (χ0v) is 10.6. The van der Waals surface area contributed by atoms with Crippen molar-refractivity contribution in [3.8, 4) is 0 Å². The van der Waals surface area contributed by atoms with Crippen LogP contribution in [-0.4, -0.2) is 36.2 Å². The summed E-state index contributed by atoms with van der Waals surface area (Å²) in [6.45, 7) is 1.61. The third-order valence-electron chi connectivity index (χ3n) is 3.39. The van der Waals surface area contributed by atoms with Crippen LogP contribution in [0.1, 0.15) is 12.0 Å². The highest BCUT2D eigenvalue weighted by atomic mass is 19.1. The van der Waals surface area contributed by atoms with Gasteiger partial charge in [-0.15, -0.1) is 0 Å². The number of amides is 1. The zero-order chi connectivity index (χ0) is 13.8. The molecule has 1 saturated heterocycles. The van der Waals surface area contributed by atoms with Crippen LogP contribution in [0.2, 0.25) is 0 Å². The number of hydrogen-bond acceptors (Lipinski definition) is 3. The number of Topliss-reactive ketones (excluding diaryl/α,β-unsaturated/α-hetero) is 1. The molecule has 1 aromatic rings. The topological polar surface area (TPSA) is 63.4 Å². The van der Waals surface area contributed by atoms with Crippen molar-refractivity contribution in [1.29, 1.82) is 0 Å². The van der Waals surface area contributed by atoms with Crippen molar-refractivity contribution in [3.63, 3.8) is 0 Å². The molecule has 1 aromatic carbocycles. The molecule has 1 atom stereocenters. The van der Waals surface area contributed by atoms with Crippen molar-refractivity contribution in [2.45, 2.75) is 12.8 Å². The van der Waals surface area contributed by atoms with Crippen LogP contribution in [0, 0.1) is 11.7 Å². The van der Waals surface area contributed by atoms with Crippen LogP contribution in [0.25, 0.3) is 0 Å². The quantitative estimate of drug-likeness (QED) is 0.853. The fraction of sp³-hybridized carbons (Fsp3) is 0.429. The maximum atomic E-state index is 12.7. The first-order valence-electron chi connectivity index (χ1n) is 6.32. The molecular weight excluding hydrogens is 247 g/mol. The van der Waals surface area contributed by atoms with Crippen LogP contribution >= 0.6 is 0 Å². The van der Waals surface area contributed by atoms with E-state index in [1.165, 1.54) is 12.1 Å². The minimum Gasteiger partial charge on any atom is -0.369 e. The molecule has 2 rings (SSSR count). The minimum absolute atomic E-state index is 0.0664. The monoisotopic (exact) mass is 264 g/mol. The summed E-state index contributed by atoms with van der Waals surface area (Å²) < 4.78 is 12.7. The molecule has 0 spiro atoms. The first-order chi connectivity index (χ1) is 9.04. The number of likely N-dealkylation sites (tertiary alicyclic amines) is 1. The lowest BCUT2D eigenvalue weighted by Crippen LogP contribution is -2.31. The molecule has 1 heterocycles. The lowest BCUT2D eigenvalue weighted by molar-refractivity contribution is -0.122. The smallest absolute Gasteiger partial charge is 0.221 e. The van der Waals surface area contributed by atoms with Crippen LogP contribution in [0.15, 0.2) is 24.3 Å². The lowest BCUT2D eigenvalue weighted by atomic mass is 10.1.